The second-order valence-electron chi connectivity index (χ2n) is 4.12. The summed E-state index contributed by atoms with van der Waals surface area (Å²) in [7, 11) is 1.70. The van der Waals surface area contributed by atoms with E-state index in [-0.39, 0.29) is 0 Å². The molecule has 2 aromatic carbocycles. The van der Waals surface area contributed by atoms with Gasteiger partial charge in [0.2, 0.25) is 0 Å². The fourth-order valence-electron chi connectivity index (χ4n) is 1.75. The van der Waals surface area contributed by atoms with Crippen molar-refractivity contribution in [3.05, 3.63) is 48.5 Å². The maximum Gasteiger partial charge on any atom is 0.0635 e. The van der Waals surface area contributed by atoms with E-state index in [0.29, 0.717) is 6.61 Å². The van der Waals surface area contributed by atoms with Crippen LogP contribution < -0.4 is 11.1 Å². The van der Waals surface area contributed by atoms with E-state index in [1.807, 2.05) is 24.3 Å². The first-order valence-electron chi connectivity index (χ1n) is 5.98. The number of nitrogens with one attached hydrogen (secondary N) is 1. The number of rotatable bonds is 5. The summed E-state index contributed by atoms with van der Waals surface area (Å²) in [6.07, 6.45) is 0. The Labute approximate surface area is 108 Å². The van der Waals surface area contributed by atoms with Crippen LogP contribution in [0.2, 0.25) is 0 Å². The molecule has 2 rings (SSSR count). The third-order valence-electron chi connectivity index (χ3n) is 2.76. The van der Waals surface area contributed by atoms with Crippen molar-refractivity contribution in [2.75, 3.05) is 31.3 Å². The fourth-order valence-corrected chi connectivity index (χ4v) is 1.75. The molecule has 0 radical (unpaired) electrons. The van der Waals surface area contributed by atoms with E-state index >= 15 is 0 Å². The second kappa shape index (κ2) is 6.07. The van der Waals surface area contributed by atoms with Crippen molar-refractivity contribution in [1.29, 1.82) is 0 Å². The van der Waals surface area contributed by atoms with Crippen LogP contribution in [-0.2, 0) is 4.74 Å². The molecule has 3 heteroatoms. The predicted octanol–water partition coefficient (Wildman–Crippen LogP) is 2.99. The first-order chi connectivity index (χ1) is 8.79. The molecule has 0 amide bonds. The quantitative estimate of drug-likeness (QED) is 0.626. The summed E-state index contributed by atoms with van der Waals surface area (Å²) >= 11 is 0. The maximum absolute atomic E-state index is 5.68. The molecular weight excluding hydrogens is 224 g/mol. The Balaban J connectivity index is 2.05. The molecule has 0 heterocycles. The molecule has 2 aromatic rings. The Morgan fingerprint density at radius 2 is 1.50 bits per heavy atom. The Morgan fingerprint density at radius 3 is 2.06 bits per heavy atom. The van der Waals surface area contributed by atoms with Gasteiger partial charge in [-0.15, -0.1) is 0 Å². The number of hydrogen-bond acceptors (Lipinski definition) is 3. The number of hydrogen-bond donors (Lipinski definition) is 2. The minimum Gasteiger partial charge on any atom is -0.399 e. The lowest BCUT2D eigenvalue weighted by atomic mass is 10.1. The highest BCUT2D eigenvalue weighted by Gasteiger charge is 1.97. The zero-order valence-corrected chi connectivity index (χ0v) is 10.5. The first kappa shape index (κ1) is 12.5. The summed E-state index contributed by atoms with van der Waals surface area (Å²) in [5.74, 6) is 0. The van der Waals surface area contributed by atoms with Crippen molar-refractivity contribution in [2.45, 2.75) is 0 Å². The molecule has 0 aliphatic carbocycles. The van der Waals surface area contributed by atoms with Crippen molar-refractivity contribution in [3.8, 4) is 11.1 Å². The largest absolute Gasteiger partial charge is 0.399 e. The van der Waals surface area contributed by atoms with Gasteiger partial charge in [0.05, 0.1) is 6.61 Å². The number of methoxy groups -OCH3 is 1. The SMILES string of the molecule is COCCNc1ccc(-c2ccc(N)cc2)cc1. The summed E-state index contributed by atoms with van der Waals surface area (Å²) in [5.41, 5.74) is 9.93. The van der Waals surface area contributed by atoms with Crippen LogP contribution in [0.3, 0.4) is 0 Å². The maximum atomic E-state index is 5.68. The summed E-state index contributed by atoms with van der Waals surface area (Å²) in [6, 6.07) is 16.2. The van der Waals surface area contributed by atoms with E-state index in [0.717, 1.165) is 17.9 Å². The Hall–Kier alpha value is -2.00. The van der Waals surface area contributed by atoms with Gasteiger partial charge in [0, 0.05) is 25.0 Å². The van der Waals surface area contributed by atoms with Gasteiger partial charge >= 0.3 is 0 Å². The second-order valence-corrected chi connectivity index (χ2v) is 4.12. The molecule has 0 aliphatic heterocycles. The minimum atomic E-state index is 0.708. The zero-order valence-electron chi connectivity index (χ0n) is 10.5. The third kappa shape index (κ3) is 3.25. The molecule has 18 heavy (non-hydrogen) atoms. The lowest BCUT2D eigenvalue weighted by Crippen LogP contribution is -2.07. The topological polar surface area (TPSA) is 47.3 Å². The van der Waals surface area contributed by atoms with Gasteiger partial charge in [-0.05, 0) is 35.4 Å². The summed E-state index contributed by atoms with van der Waals surface area (Å²) in [5, 5.41) is 3.29. The van der Waals surface area contributed by atoms with Gasteiger partial charge in [-0.3, -0.25) is 0 Å². The van der Waals surface area contributed by atoms with Gasteiger partial charge in [-0.1, -0.05) is 24.3 Å². The van der Waals surface area contributed by atoms with Gasteiger partial charge < -0.3 is 15.8 Å². The average molecular weight is 242 g/mol. The van der Waals surface area contributed by atoms with Crippen LogP contribution in [0, 0.1) is 0 Å². The lowest BCUT2D eigenvalue weighted by Gasteiger charge is -2.07. The van der Waals surface area contributed by atoms with Crippen molar-refractivity contribution in [1.82, 2.24) is 0 Å². The molecule has 0 bridgehead atoms. The van der Waals surface area contributed by atoms with E-state index in [1.54, 1.807) is 7.11 Å². The Kier molecular flexibility index (Phi) is 4.20. The molecule has 0 saturated carbocycles. The molecular formula is C15H18N2O. The Morgan fingerprint density at radius 1 is 0.944 bits per heavy atom. The fraction of sp³-hybridized carbons (Fsp3) is 0.200. The highest BCUT2D eigenvalue weighted by molar-refractivity contribution is 5.67. The molecule has 0 saturated heterocycles. The van der Waals surface area contributed by atoms with Gasteiger partial charge in [0.15, 0.2) is 0 Å². The summed E-state index contributed by atoms with van der Waals surface area (Å²) in [6.45, 7) is 1.53. The van der Waals surface area contributed by atoms with Crippen LogP contribution in [0.1, 0.15) is 0 Å². The Bertz CT molecular complexity index is 477. The first-order valence-corrected chi connectivity index (χ1v) is 5.98. The van der Waals surface area contributed by atoms with Crippen LogP contribution in [0.15, 0.2) is 48.5 Å². The van der Waals surface area contributed by atoms with Gasteiger partial charge in [0.1, 0.15) is 0 Å². The van der Waals surface area contributed by atoms with E-state index in [4.69, 9.17) is 10.5 Å². The molecule has 0 spiro atoms. The number of anilines is 2. The standard InChI is InChI=1S/C15H18N2O/c1-18-11-10-17-15-8-4-13(5-9-15)12-2-6-14(16)7-3-12/h2-9,17H,10-11,16H2,1H3. The summed E-state index contributed by atoms with van der Waals surface area (Å²) < 4.78 is 4.99. The molecule has 0 aromatic heterocycles. The van der Waals surface area contributed by atoms with E-state index < -0.39 is 0 Å². The number of nitrogens with two attached hydrogens (primary N) is 1. The molecule has 0 fully saturated rings. The smallest absolute Gasteiger partial charge is 0.0635 e. The zero-order chi connectivity index (χ0) is 12.8. The number of benzene rings is 2. The molecule has 94 valence electrons. The van der Waals surface area contributed by atoms with E-state index in [9.17, 15) is 0 Å². The van der Waals surface area contributed by atoms with Crippen LogP contribution in [-0.4, -0.2) is 20.3 Å². The average Bonchev–Trinajstić information content (AvgIpc) is 2.41. The van der Waals surface area contributed by atoms with Crippen molar-refractivity contribution >= 4 is 11.4 Å². The van der Waals surface area contributed by atoms with Crippen LogP contribution in [0.4, 0.5) is 11.4 Å². The summed E-state index contributed by atoms with van der Waals surface area (Å²) in [4.78, 5) is 0. The molecule has 0 aliphatic rings. The number of ether oxygens (including phenoxy) is 1. The van der Waals surface area contributed by atoms with Crippen molar-refractivity contribution in [2.24, 2.45) is 0 Å². The van der Waals surface area contributed by atoms with Gasteiger partial charge in [-0.25, -0.2) is 0 Å². The van der Waals surface area contributed by atoms with Gasteiger partial charge in [0.25, 0.3) is 0 Å². The normalized spacial score (nSPS) is 10.3. The third-order valence-corrected chi connectivity index (χ3v) is 2.76. The molecule has 3 nitrogen and oxygen atoms in total. The van der Waals surface area contributed by atoms with Crippen LogP contribution >= 0.6 is 0 Å². The lowest BCUT2D eigenvalue weighted by molar-refractivity contribution is 0.211. The monoisotopic (exact) mass is 242 g/mol. The van der Waals surface area contributed by atoms with E-state index in [2.05, 4.69) is 29.6 Å². The van der Waals surface area contributed by atoms with Crippen molar-refractivity contribution in [3.63, 3.8) is 0 Å². The van der Waals surface area contributed by atoms with Crippen LogP contribution in [0.5, 0.6) is 0 Å². The molecule has 0 unspecified atom stereocenters. The van der Waals surface area contributed by atoms with Crippen molar-refractivity contribution < 1.29 is 4.74 Å². The van der Waals surface area contributed by atoms with E-state index in [1.165, 1.54) is 11.1 Å². The molecule has 3 N–H and O–H groups in total. The minimum absolute atomic E-state index is 0.708. The number of nitrogen functional groups attached to an aromatic ring is 1. The molecule has 0 atom stereocenters. The highest BCUT2D eigenvalue weighted by Crippen LogP contribution is 2.22. The van der Waals surface area contributed by atoms with Gasteiger partial charge in [-0.2, -0.15) is 0 Å². The van der Waals surface area contributed by atoms with Crippen LogP contribution in [0.25, 0.3) is 11.1 Å². The predicted molar refractivity (Wildman–Crippen MR) is 76.7 cm³/mol. The highest BCUT2D eigenvalue weighted by atomic mass is 16.5.